The first-order chi connectivity index (χ1) is 6.69. The molecule has 76 valence electrons. The summed E-state index contributed by atoms with van der Waals surface area (Å²) in [5.41, 5.74) is 6.01. The van der Waals surface area contributed by atoms with E-state index in [2.05, 4.69) is 26.2 Å². The van der Waals surface area contributed by atoms with Gasteiger partial charge in [-0.3, -0.25) is 4.79 Å². The minimum Gasteiger partial charge on any atom is -0.369 e. The Labute approximate surface area is 84.4 Å². The van der Waals surface area contributed by atoms with Crippen molar-refractivity contribution >= 4 is 15.3 Å². The van der Waals surface area contributed by atoms with Gasteiger partial charge in [0.05, 0.1) is 0 Å². The summed E-state index contributed by atoms with van der Waals surface area (Å²) >= 11 is 0. The van der Waals surface area contributed by atoms with E-state index in [1.165, 1.54) is 12.2 Å². The molecule has 0 saturated carbocycles. The highest BCUT2D eigenvalue weighted by Crippen LogP contribution is 2.03. The van der Waals surface area contributed by atoms with E-state index in [0.29, 0.717) is 5.70 Å². The van der Waals surface area contributed by atoms with E-state index in [1.807, 2.05) is 0 Å². The van der Waals surface area contributed by atoms with Crippen LogP contribution in [-0.2, 0) is 4.79 Å². The number of nitrogens with one attached hydrogen (secondary N) is 1. The molecule has 0 spiro atoms. The Morgan fingerprint density at radius 3 is 2.64 bits per heavy atom. The zero-order valence-corrected chi connectivity index (χ0v) is 8.72. The van der Waals surface area contributed by atoms with Crippen LogP contribution in [0, 0.1) is 4.91 Å². The maximum atomic E-state index is 10.9. The van der Waals surface area contributed by atoms with E-state index in [9.17, 15) is 9.70 Å². The summed E-state index contributed by atoms with van der Waals surface area (Å²) in [6.07, 6.45) is 4.61. The number of carbonyl (C=O) groups is 1. The maximum absolute atomic E-state index is 10.9. The number of nitrogens with zero attached hydrogens (tertiary/aromatic N) is 1. The topological polar surface area (TPSA) is 84.6 Å². The second kappa shape index (κ2) is 7.12. The van der Waals surface area contributed by atoms with Crippen molar-refractivity contribution in [3.63, 3.8) is 0 Å². The molecule has 0 fully saturated rings. The normalized spacial score (nSPS) is 12.1. The van der Waals surface area contributed by atoms with Crippen LogP contribution in [0.15, 0.2) is 41.3 Å². The van der Waals surface area contributed by atoms with Crippen LogP contribution in [-0.4, -0.2) is 12.5 Å². The quantitative estimate of drug-likeness (QED) is 0.303. The van der Waals surface area contributed by atoms with Gasteiger partial charge < -0.3 is 10.8 Å². The molecule has 1 amide bonds. The first kappa shape index (κ1) is 12.7. The monoisotopic (exact) mass is 213 g/mol. The third kappa shape index (κ3) is 4.07. The molecule has 1 unspecified atom stereocenters. The Morgan fingerprint density at radius 1 is 1.64 bits per heavy atom. The molecule has 14 heavy (non-hydrogen) atoms. The summed E-state index contributed by atoms with van der Waals surface area (Å²) in [7, 11) is 2.25. The van der Waals surface area contributed by atoms with Gasteiger partial charge in [-0.05, 0) is 21.5 Å². The molecular formula is C8H12N3O2P. The second-order valence-corrected chi connectivity index (χ2v) is 2.56. The van der Waals surface area contributed by atoms with Crippen molar-refractivity contribution in [1.82, 2.24) is 5.09 Å². The number of nitrogens with two attached hydrogens (primary N) is 1. The van der Waals surface area contributed by atoms with Crippen LogP contribution in [0.25, 0.3) is 0 Å². The van der Waals surface area contributed by atoms with Crippen molar-refractivity contribution in [1.29, 1.82) is 0 Å². The lowest BCUT2D eigenvalue weighted by atomic mass is 10.2. The summed E-state index contributed by atoms with van der Waals surface area (Å²) < 4.78 is 0. The minimum absolute atomic E-state index is 0.0363. The van der Waals surface area contributed by atoms with Gasteiger partial charge in [0.2, 0.25) is 0 Å². The van der Waals surface area contributed by atoms with Crippen molar-refractivity contribution in [2.75, 3.05) is 6.54 Å². The van der Waals surface area contributed by atoms with Crippen LogP contribution in [0.2, 0.25) is 0 Å². The lowest BCUT2D eigenvalue weighted by Gasteiger charge is -2.01. The highest BCUT2D eigenvalue weighted by molar-refractivity contribution is 7.14. The molecule has 3 N–H and O–H groups in total. The average molecular weight is 213 g/mol. The zero-order valence-electron chi connectivity index (χ0n) is 7.56. The average Bonchev–Trinajstić information content (AvgIpc) is 2.23. The van der Waals surface area contributed by atoms with Crippen molar-refractivity contribution in [3.8, 4) is 0 Å². The summed E-state index contributed by atoms with van der Waals surface area (Å²) in [5, 5.41) is 5.01. The van der Waals surface area contributed by atoms with Gasteiger partial charge >= 0.3 is 5.91 Å². The molecule has 0 aromatic rings. The smallest absolute Gasteiger partial charge is 0.314 e. The molecule has 0 saturated heterocycles. The summed E-state index contributed by atoms with van der Waals surface area (Å²) in [5.74, 6) is -0.859. The Hall–Kier alpha value is -1.32. The molecule has 0 aromatic carbocycles. The predicted molar refractivity (Wildman–Crippen MR) is 59.1 cm³/mol. The fourth-order valence-electron chi connectivity index (χ4n) is 0.719. The molecule has 0 heterocycles. The lowest BCUT2D eigenvalue weighted by Crippen LogP contribution is -2.12. The van der Waals surface area contributed by atoms with Crippen LogP contribution < -0.4 is 10.8 Å². The molecule has 0 rings (SSSR count). The third-order valence-electron chi connectivity index (χ3n) is 1.37. The van der Waals surface area contributed by atoms with Crippen molar-refractivity contribution in [2.24, 2.45) is 10.9 Å². The van der Waals surface area contributed by atoms with Gasteiger partial charge in [-0.1, -0.05) is 12.7 Å². The Bertz CT molecular complexity index is 297. The van der Waals surface area contributed by atoms with Crippen LogP contribution in [0.5, 0.6) is 0 Å². The Morgan fingerprint density at radius 2 is 2.29 bits per heavy atom. The third-order valence-corrected chi connectivity index (χ3v) is 1.70. The van der Waals surface area contributed by atoms with Crippen LogP contribution in [0.3, 0.4) is 0 Å². The van der Waals surface area contributed by atoms with Crippen molar-refractivity contribution in [3.05, 3.63) is 41.0 Å². The number of hydrogen-bond donors (Lipinski definition) is 2. The molecule has 0 radical (unpaired) electrons. The van der Waals surface area contributed by atoms with Gasteiger partial charge in [-0.25, -0.2) is 0 Å². The molecule has 0 aliphatic heterocycles. The molecule has 5 nitrogen and oxygen atoms in total. The van der Waals surface area contributed by atoms with Crippen molar-refractivity contribution < 1.29 is 4.79 Å². The van der Waals surface area contributed by atoms with Crippen molar-refractivity contribution in [2.45, 2.75) is 0 Å². The summed E-state index contributed by atoms with van der Waals surface area (Å²) in [6.45, 7) is 3.45. The van der Waals surface area contributed by atoms with E-state index in [-0.39, 0.29) is 12.1 Å². The number of rotatable bonds is 5. The van der Waals surface area contributed by atoms with Crippen LogP contribution >= 0.6 is 9.39 Å². The van der Waals surface area contributed by atoms with E-state index in [0.717, 1.165) is 0 Å². The van der Waals surface area contributed by atoms with Gasteiger partial charge in [0.25, 0.3) is 0 Å². The summed E-state index contributed by atoms with van der Waals surface area (Å²) in [6, 6.07) is 0. The maximum Gasteiger partial charge on any atom is 0.314 e. The largest absolute Gasteiger partial charge is 0.369 e. The van der Waals surface area contributed by atoms with Gasteiger partial charge in [-0.15, -0.1) is 4.91 Å². The molecule has 6 heteroatoms. The van der Waals surface area contributed by atoms with E-state index in [4.69, 9.17) is 5.73 Å². The van der Waals surface area contributed by atoms with Crippen LogP contribution in [0.4, 0.5) is 0 Å². The Balaban J connectivity index is 4.89. The van der Waals surface area contributed by atoms with E-state index < -0.39 is 5.91 Å². The first-order valence-corrected chi connectivity index (χ1v) is 4.35. The van der Waals surface area contributed by atoms with Gasteiger partial charge in [0, 0.05) is 23.0 Å². The highest BCUT2D eigenvalue weighted by atomic mass is 31.0. The Kier molecular flexibility index (Phi) is 6.45. The molecule has 0 aromatic heterocycles. The second-order valence-electron chi connectivity index (χ2n) is 2.27. The fourth-order valence-corrected chi connectivity index (χ4v) is 0.899. The highest BCUT2D eigenvalue weighted by Gasteiger charge is 2.07. The zero-order chi connectivity index (χ0) is 11.0. The molecule has 0 aliphatic rings. The molecular weight excluding hydrogens is 201 g/mol. The standard InChI is InChI=1S/C8H12N3O2P/c1-2-3-7(11-14)4-6(5-9)8(12)10-13/h2-4,11H,1,5,9,14H2/b6-4+,7-3+. The van der Waals surface area contributed by atoms with Crippen LogP contribution in [0.1, 0.15) is 0 Å². The number of carbonyl (C=O) groups excluding carboxylic acids is 1. The first-order valence-electron chi connectivity index (χ1n) is 3.77. The fraction of sp³-hybridized carbons (Fsp3) is 0.125. The summed E-state index contributed by atoms with van der Waals surface area (Å²) in [4.78, 5) is 20.9. The predicted octanol–water partition coefficient (Wildman–Crippen LogP) is 0.614. The molecule has 1 atom stereocenters. The number of amides is 1. The van der Waals surface area contributed by atoms with E-state index >= 15 is 0 Å². The lowest BCUT2D eigenvalue weighted by molar-refractivity contribution is -0.114. The van der Waals surface area contributed by atoms with Gasteiger partial charge in [0.15, 0.2) is 0 Å². The number of nitroso groups, excluding NO2 is 1. The number of allylic oxidation sites excluding steroid dienone is 3. The molecule has 0 aliphatic carbocycles. The van der Waals surface area contributed by atoms with Gasteiger partial charge in [0.1, 0.15) is 0 Å². The van der Waals surface area contributed by atoms with Gasteiger partial charge in [-0.2, -0.15) is 0 Å². The number of hydrogen-bond acceptors (Lipinski definition) is 4. The SMILES string of the molecule is C=C/C=C(\C=C(/CN)C(=O)N=O)NP. The van der Waals surface area contributed by atoms with E-state index in [1.54, 1.807) is 6.08 Å². The minimum atomic E-state index is -0.859. The molecule has 0 bridgehead atoms.